The van der Waals surface area contributed by atoms with E-state index < -0.39 is 16.7 Å². The summed E-state index contributed by atoms with van der Waals surface area (Å²) in [5.74, 6) is -0.933. The van der Waals surface area contributed by atoms with E-state index in [1.54, 1.807) is 31.3 Å². The molecule has 0 saturated heterocycles. The number of benzene rings is 2. The molecule has 9 heteroatoms. The maximum Gasteiger partial charge on any atom is 0.282 e. The second-order valence-corrected chi connectivity index (χ2v) is 7.47. The first-order valence-corrected chi connectivity index (χ1v) is 10.6. The summed E-state index contributed by atoms with van der Waals surface area (Å²) in [4.78, 5) is 40.7. The lowest BCUT2D eigenvalue weighted by molar-refractivity contribution is -0.384. The van der Waals surface area contributed by atoms with Gasteiger partial charge in [-0.1, -0.05) is 19.1 Å². The number of hydrogen-bond acceptors (Lipinski definition) is 7. The minimum atomic E-state index is -0.508. The smallest absolute Gasteiger partial charge is 0.282 e. The highest BCUT2D eigenvalue weighted by molar-refractivity contribution is 6.45. The Balaban J connectivity index is 2.11. The van der Waals surface area contributed by atoms with Gasteiger partial charge in [-0.3, -0.25) is 19.7 Å². The van der Waals surface area contributed by atoms with Crippen molar-refractivity contribution >= 4 is 28.8 Å². The van der Waals surface area contributed by atoms with Crippen LogP contribution in [0.25, 0.3) is 5.57 Å². The van der Waals surface area contributed by atoms with Gasteiger partial charge in [-0.15, -0.1) is 0 Å². The summed E-state index contributed by atoms with van der Waals surface area (Å²) in [5, 5.41) is 11.1. The van der Waals surface area contributed by atoms with Crippen LogP contribution in [0, 0.1) is 10.1 Å². The molecule has 0 saturated carbocycles. The predicted molar refractivity (Wildman–Crippen MR) is 124 cm³/mol. The van der Waals surface area contributed by atoms with Crippen molar-refractivity contribution in [2.24, 2.45) is 0 Å². The van der Waals surface area contributed by atoms with Crippen LogP contribution in [0.1, 0.15) is 18.1 Å². The predicted octanol–water partition coefficient (Wildman–Crippen LogP) is 3.04. The molecular formula is C24H27N3O6. The van der Waals surface area contributed by atoms with Crippen molar-refractivity contribution in [3.8, 4) is 0 Å². The van der Waals surface area contributed by atoms with Crippen molar-refractivity contribution in [1.29, 1.82) is 0 Å². The van der Waals surface area contributed by atoms with Gasteiger partial charge in [0.05, 0.1) is 29.4 Å². The van der Waals surface area contributed by atoms with Crippen LogP contribution >= 0.6 is 0 Å². The number of non-ortho nitro benzene ring substituents is 1. The number of nitro groups is 1. The van der Waals surface area contributed by atoms with E-state index in [2.05, 4.69) is 0 Å². The highest BCUT2D eigenvalue weighted by Crippen LogP contribution is 2.35. The summed E-state index contributed by atoms with van der Waals surface area (Å²) < 4.78 is 10.4. The van der Waals surface area contributed by atoms with Gasteiger partial charge in [0.1, 0.15) is 5.70 Å². The highest BCUT2D eigenvalue weighted by Gasteiger charge is 2.42. The van der Waals surface area contributed by atoms with E-state index in [-0.39, 0.29) is 17.0 Å². The second kappa shape index (κ2) is 10.8. The van der Waals surface area contributed by atoms with E-state index in [1.807, 2.05) is 19.1 Å². The minimum absolute atomic E-state index is 0.0969. The number of amides is 2. The van der Waals surface area contributed by atoms with Crippen LogP contribution < -0.4 is 4.90 Å². The van der Waals surface area contributed by atoms with Crippen LogP contribution in [0.15, 0.2) is 54.2 Å². The number of ether oxygens (including phenoxy) is 2. The molecule has 0 radical (unpaired) electrons. The Bertz CT molecular complexity index is 1040. The standard InChI is InChI=1S/C24H27N3O6/c1-4-17-5-9-19(10-6-17)26-23(28)21(18-7-11-20(12-8-18)27(30)31)22(24(26)29)25(13-15-32-2)14-16-33-3/h5-12H,4,13-16H2,1-3H3. The van der Waals surface area contributed by atoms with Crippen LogP contribution in [-0.4, -0.2) is 62.2 Å². The number of imide groups is 1. The van der Waals surface area contributed by atoms with Crippen LogP contribution in [-0.2, 0) is 25.5 Å². The van der Waals surface area contributed by atoms with Crippen molar-refractivity contribution in [3.05, 3.63) is 75.5 Å². The number of rotatable bonds is 11. The zero-order valence-corrected chi connectivity index (χ0v) is 18.9. The van der Waals surface area contributed by atoms with Crippen LogP contribution in [0.3, 0.4) is 0 Å². The Kier molecular flexibility index (Phi) is 7.92. The van der Waals surface area contributed by atoms with Crippen molar-refractivity contribution < 1.29 is 24.0 Å². The lowest BCUT2D eigenvalue weighted by Gasteiger charge is -2.25. The molecule has 0 fully saturated rings. The largest absolute Gasteiger partial charge is 0.383 e. The molecule has 2 aromatic rings. The zero-order valence-electron chi connectivity index (χ0n) is 18.9. The average Bonchev–Trinajstić information content (AvgIpc) is 3.09. The summed E-state index contributed by atoms with van der Waals surface area (Å²) in [6, 6.07) is 12.9. The summed E-state index contributed by atoms with van der Waals surface area (Å²) >= 11 is 0. The Morgan fingerprint density at radius 2 is 1.48 bits per heavy atom. The second-order valence-electron chi connectivity index (χ2n) is 7.47. The molecule has 0 bridgehead atoms. The van der Waals surface area contributed by atoms with Crippen LogP contribution in [0.4, 0.5) is 11.4 Å². The number of carbonyl (C=O) groups excluding carboxylic acids is 2. The molecule has 0 aliphatic carbocycles. The fourth-order valence-electron chi connectivity index (χ4n) is 3.68. The first-order valence-electron chi connectivity index (χ1n) is 10.6. The fourth-order valence-corrected chi connectivity index (χ4v) is 3.68. The Morgan fingerprint density at radius 1 is 0.909 bits per heavy atom. The van der Waals surface area contributed by atoms with Gasteiger partial charge in [-0.2, -0.15) is 0 Å². The number of carbonyl (C=O) groups is 2. The van der Waals surface area contributed by atoms with Gasteiger partial charge in [-0.25, -0.2) is 4.90 Å². The first kappa shape index (κ1) is 24.1. The average molecular weight is 453 g/mol. The van der Waals surface area contributed by atoms with E-state index in [4.69, 9.17) is 9.47 Å². The molecule has 0 aromatic heterocycles. The molecule has 174 valence electrons. The summed E-state index contributed by atoms with van der Waals surface area (Å²) in [6.45, 7) is 3.44. The molecule has 2 aromatic carbocycles. The molecule has 2 amide bonds. The normalized spacial score (nSPS) is 13.7. The lowest BCUT2D eigenvalue weighted by Crippen LogP contribution is -2.37. The minimum Gasteiger partial charge on any atom is -0.383 e. The summed E-state index contributed by atoms with van der Waals surface area (Å²) in [6.07, 6.45) is 0.835. The number of hydrogen-bond donors (Lipinski definition) is 0. The lowest BCUT2D eigenvalue weighted by atomic mass is 10.0. The van der Waals surface area contributed by atoms with E-state index in [1.165, 1.54) is 24.3 Å². The highest BCUT2D eigenvalue weighted by atomic mass is 16.6. The molecule has 0 unspecified atom stereocenters. The van der Waals surface area contributed by atoms with Crippen LogP contribution in [0.5, 0.6) is 0 Å². The number of nitro benzene ring substituents is 1. The molecule has 0 spiro atoms. The quantitative estimate of drug-likeness (QED) is 0.293. The Morgan fingerprint density at radius 3 is 1.97 bits per heavy atom. The van der Waals surface area contributed by atoms with Crippen molar-refractivity contribution in [3.63, 3.8) is 0 Å². The molecule has 9 nitrogen and oxygen atoms in total. The van der Waals surface area contributed by atoms with Gasteiger partial charge >= 0.3 is 0 Å². The molecule has 1 heterocycles. The summed E-state index contributed by atoms with van der Waals surface area (Å²) in [5.41, 5.74) is 2.31. The van der Waals surface area contributed by atoms with E-state index >= 15 is 0 Å². The van der Waals surface area contributed by atoms with Gasteiger partial charge in [0, 0.05) is 39.4 Å². The number of nitrogens with zero attached hydrogens (tertiary/aromatic N) is 3. The third kappa shape index (κ3) is 5.10. The van der Waals surface area contributed by atoms with Crippen LogP contribution in [0.2, 0.25) is 0 Å². The van der Waals surface area contributed by atoms with Crippen molar-refractivity contribution in [2.75, 3.05) is 45.4 Å². The maximum absolute atomic E-state index is 13.6. The molecular weight excluding hydrogens is 426 g/mol. The molecule has 0 atom stereocenters. The number of methoxy groups -OCH3 is 2. The molecule has 33 heavy (non-hydrogen) atoms. The third-order valence-electron chi connectivity index (χ3n) is 5.48. The van der Waals surface area contributed by atoms with Gasteiger partial charge in [0.15, 0.2) is 0 Å². The van der Waals surface area contributed by atoms with Crippen molar-refractivity contribution in [2.45, 2.75) is 13.3 Å². The Hall–Kier alpha value is -3.56. The van der Waals surface area contributed by atoms with Crippen molar-refractivity contribution in [1.82, 2.24) is 4.90 Å². The number of aryl methyl sites for hydroxylation is 1. The van der Waals surface area contributed by atoms with Gasteiger partial charge < -0.3 is 14.4 Å². The third-order valence-corrected chi connectivity index (χ3v) is 5.48. The molecule has 1 aliphatic rings. The number of anilines is 1. The fraction of sp³-hybridized carbons (Fsp3) is 0.333. The van der Waals surface area contributed by atoms with Gasteiger partial charge in [-0.05, 0) is 41.8 Å². The molecule has 3 rings (SSSR count). The van der Waals surface area contributed by atoms with Gasteiger partial charge in [0.2, 0.25) is 0 Å². The van der Waals surface area contributed by atoms with E-state index in [9.17, 15) is 19.7 Å². The van der Waals surface area contributed by atoms with E-state index in [0.29, 0.717) is 37.6 Å². The SMILES string of the molecule is CCc1ccc(N2C(=O)C(c3ccc([N+](=O)[O-])cc3)=C(N(CCOC)CCOC)C2=O)cc1. The van der Waals surface area contributed by atoms with E-state index in [0.717, 1.165) is 16.9 Å². The summed E-state index contributed by atoms with van der Waals surface area (Å²) in [7, 11) is 3.12. The molecule has 0 N–H and O–H groups in total. The zero-order chi connectivity index (χ0) is 24.0. The maximum atomic E-state index is 13.6. The topological polar surface area (TPSA) is 102 Å². The first-order chi connectivity index (χ1) is 15.9. The monoisotopic (exact) mass is 453 g/mol. The Labute approximate surface area is 192 Å². The van der Waals surface area contributed by atoms with Gasteiger partial charge in [0.25, 0.3) is 17.5 Å². The molecule has 1 aliphatic heterocycles.